The number of carbonyl (C=O) groups is 1. The van der Waals surface area contributed by atoms with Gasteiger partial charge < -0.3 is 15.2 Å². The molecule has 5 heteroatoms. The number of likely N-dealkylation sites (N-methyl/N-ethyl adjacent to an activating group) is 1. The van der Waals surface area contributed by atoms with Gasteiger partial charge in [0.2, 0.25) is 5.56 Å². The van der Waals surface area contributed by atoms with Crippen LogP contribution in [0.4, 0.5) is 0 Å². The first-order valence-corrected chi connectivity index (χ1v) is 7.68. The monoisotopic (exact) mass is 291 g/mol. The van der Waals surface area contributed by atoms with Gasteiger partial charge in [-0.05, 0) is 33.0 Å². The first-order chi connectivity index (χ1) is 10.0. The Balaban J connectivity index is 2.02. The lowest BCUT2D eigenvalue weighted by molar-refractivity contribution is 0.0868. The van der Waals surface area contributed by atoms with Gasteiger partial charge in [-0.1, -0.05) is 25.7 Å². The third-order valence-electron chi connectivity index (χ3n) is 4.61. The average Bonchev–Trinajstić information content (AvgIpc) is 2.72. The lowest BCUT2D eigenvalue weighted by Gasteiger charge is -2.39. The molecule has 0 atom stereocenters. The molecule has 0 bridgehead atoms. The number of hydrogen-bond donors (Lipinski definition) is 2. The summed E-state index contributed by atoms with van der Waals surface area (Å²) in [5, 5.41) is 3.04. The molecule has 1 aliphatic rings. The molecule has 1 heterocycles. The Morgan fingerprint density at radius 2 is 1.90 bits per heavy atom. The van der Waals surface area contributed by atoms with Gasteiger partial charge in [0, 0.05) is 24.3 Å². The van der Waals surface area contributed by atoms with Crippen LogP contribution in [0.2, 0.25) is 0 Å². The van der Waals surface area contributed by atoms with Crippen molar-refractivity contribution in [3.8, 4) is 0 Å². The number of hydrogen-bond acceptors (Lipinski definition) is 3. The van der Waals surface area contributed by atoms with Crippen molar-refractivity contribution in [2.45, 2.75) is 44.1 Å². The number of aromatic nitrogens is 1. The molecule has 2 rings (SSSR count). The highest BCUT2D eigenvalue weighted by Crippen LogP contribution is 2.30. The van der Waals surface area contributed by atoms with Gasteiger partial charge in [-0.2, -0.15) is 0 Å². The molecule has 0 spiro atoms. The molecule has 1 fully saturated rings. The standard InChI is InChI=1S/C16H25N3O2/c1-19(2)16(9-5-3-4-6-10-16)12-18-15(21)13-7-8-14(20)17-11-13/h7-8,11H,3-6,9-10,12H2,1-2H3,(H,17,20)(H,18,21). The van der Waals surface area contributed by atoms with E-state index in [2.05, 4.69) is 29.3 Å². The second-order valence-electron chi connectivity index (χ2n) is 6.16. The lowest BCUT2D eigenvalue weighted by atomic mass is 9.88. The Morgan fingerprint density at radius 1 is 1.24 bits per heavy atom. The maximum Gasteiger partial charge on any atom is 0.252 e. The topological polar surface area (TPSA) is 65.2 Å². The Hall–Kier alpha value is -1.62. The normalized spacial score (nSPS) is 18.2. The van der Waals surface area contributed by atoms with Crippen molar-refractivity contribution in [2.75, 3.05) is 20.6 Å². The minimum Gasteiger partial charge on any atom is -0.350 e. The van der Waals surface area contributed by atoms with Crippen LogP contribution < -0.4 is 10.9 Å². The van der Waals surface area contributed by atoms with Crippen LogP contribution in [0.1, 0.15) is 48.9 Å². The van der Waals surface area contributed by atoms with E-state index in [9.17, 15) is 9.59 Å². The van der Waals surface area contributed by atoms with E-state index in [0.29, 0.717) is 12.1 Å². The quantitative estimate of drug-likeness (QED) is 0.831. The summed E-state index contributed by atoms with van der Waals surface area (Å²) in [5.41, 5.74) is 0.353. The summed E-state index contributed by atoms with van der Waals surface area (Å²) in [5.74, 6) is -0.128. The van der Waals surface area contributed by atoms with Crippen molar-refractivity contribution in [1.82, 2.24) is 15.2 Å². The van der Waals surface area contributed by atoms with E-state index in [4.69, 9.17) is 0 Å². The van der Waals surface area contributed by atoms with Crippen LogP contribution >= 0.6 is 0 Å². The smallest absolute Gasteiger partial charge is 0.252 e. The van der Waals surface area contributed by atoms with Crippen LogP contribution in [0.5, 0.6) is 0 Å². The molecular weight excluding hydrogens is 266 g/mol. The maximum atomic E-state index is 12.2. The number of nitrogens with one attached hydrogen (secondary N) is 2. The minimum absolute atomic E-state index is 0.0499. The van der Waals surface area contributed by atoms with Gasteiger partial charge in [-0.25, -0.2) is 0 Å². The summed E-state index contributed by atoms with van der Waals surface area (Å²) < 4.78 is 0. The van der Waals surface area contributed by atoms with Gasteiger partial charge in [-0.15, -0.1) is 0 Å². The van der Waals surface area contributed by atoms with Gasteiger partial charge >= 0.3 is 0 Å². The molecule has 1 aliphatic carbocycles. The molecule has 1 amide bonds. The van der Waals surface area contributed by atoms with E-state index >= 15 is 0 Å². The van der Waals surface area contributed by atoms with Crippen LogP contribution in [0.15, 0.2) is 23.1 Å². The molecule has 1 aromatic rings. The van der Waals surface area contributed by atoms with Crippen molar-refractivity contribution < 1.29 is 4.79 Å². The van der Waals surface area contributed by atoms with Crippen LogP contribution in [0.25, 0.3) is 0 Å². The van der Waals surface area contributed by atoms with Gasteiger partial charge in [-0.3, -0.25) is 9.59 Å². The average molecular weight is 291 g/mol. The van der Waals surface area contributed by atoms with E-state index in [1.54, 1.807) is 6.07 Å². The summed E-state index contributed by atoms with van der Waals surface area (Å²) in [4.78, 5) is 28.0. The maximum absolute atomic E-state index is 12.2. The molecule has 0 unspecified atom stereocenters. The van der Waals surface area contributed by atoms with E-state index in [0.717, 1.165) is 12.8 Å². The van der Waals surface area contributed by atoms with Crippen LogP contribution in [-0.2, 0) is 0 Å². The highest BCUT2D eigenvalue weighted by atomic mass is 16.1. The number of aromatic amines is 1. The highest BCUT2D eigenvalue weighted by Gasteiger charge is 2.33. The summed E-state index contributed by atoms with van der Waals surface area (Å²) in [6, 6.07) is 2.94. The zero-order valence-electron chi connectivity index (χ0n) is 12.9. The fraction of sp³-hybridized carbons (Fsp3) is 0.625. The van der Waals surface area contributed by atoms with Crippen molar-refractivity contribution in [3.63, 3.8) is 0 Å². The molecular formula is C16H25N3O2. The molecule has 0 saturated heterocycles. The second-order valence-corrected chi connectivity index (χ2v) is 6.16. The lowest BCUT2D eigenvalue weighted by Crippen LogP contribution is -2.52. The van der Waals surface area contributed by atoms with Gasteiger partial charge in [0.25, 0.3) is 5.91 Å². The summed E-state index contributed by atoms with van der Waals surface area (Å²) >= 11 is 0. The van der Waals surface area contributed by atoms with E-state index in [-0.39, 0.29) is 17.0 Å². The fourth-order valence-corrected chi connectivity index (χ4v) is 3.07. The molecule has 1 aromatic heterocycles. The van der Waals surface area contributed by atoms with Crippen molar-refractivity contribution >= 4 is 5.91 Å². The molecule has 0 aliphatic heterocycles. The first kappa shape index (κ1) is 15.8. The van der Waals surface area contributed by atoms with E-state index in [1.807, 2.05) is 0 Å². The van der Waals surface area contributed by atoms with Gasteiger partial charge in [0.15, 0.2) is 0 Å². The van der Waals surface area contributed by atoms with Gasteiger partial charge in [0.1, 0.15) is 0 Å². The molecule has 5 nitrogen and oxygen atoms in total. The summed E-state index contributed by atoms with van der Waals surface area (Å²) in [7, 11) is 4.19. The number of amides is 1. The molecule has 116 valence electrons. The zero-order chi connectivity index (χ0) is 15.3. The molecule has 2 N–H and O–H groups in total. The molecule has 21 heavy (non-hydrogen) atoms. The molecule has 0 radical (unpaired) electrons. The third-order valence-corrected chi connectivity index (χ3v) is 4.61. The summed E-state index contributed by atoms with van der Waals surface area (Å²) in [6.45, 7) is 0.651. The Kier molecular flexibility index (Phi) is 5.17. The second kappa shape index (κ2) is 6.89. The predicted octanol–water partition coefficient (Wildman–Crippen LogP) is 1.76. The van der Waals surface area contributed by atoms with Gasteiger partial charge in [0.05, 0.1) is 5.56 Å². The Labute approximate surface area is 125 Å². The summed E-state index contributed by atoms with van der Waals surface area (Å²) in [6.07, 6.45) is 8.69. The van der Waals surface area contributed by atoms with Crippen LogP contribution in [0.3, 0.4) is 0 Å². The third kappa shape index (κ3) is 3.94. The zero-order valence-corrected chi connectivity index (χ0v) is 12.9. The number of carbonyl (C=O) groups excluding carboxylic acids is 1. The van der Waals surface area contributed by atoms with E-state index in [1.165, 1.54) is 37.9 Å². The Bertz CT molecular complexity index is 508. The SMILES string of the molecule is CN(C)C1(CNC(=O)c2ccc(=O)[nH]c2)CCCCCC1. The predicted molar refractivity (Wildman–Crippen MR) is 83.5 cm³/mol. The van der Waals surface area contributed by atoms with Crippen molar-refractivity contribution in [2.24, 2.45) is 0 Å². The van der Waals surface area contributed by atoms with Crippen molar-refractivity contribution in [3.05, 3.63) is 34.2 Å². The van der Waals surface area contributed by atoms with Crippen LogP contribution in [-0.4, -0.2) is 42.0 Å². The fourth-order valence-electron chi connectivity index (χ4n) is 3.07. The van der Waals surface area contributed by atoms with E-state index < -0.39 is 0 Å². The number of pyridine rings is 1. The Morgan fingerprint density at radius 3 is 2.43 bits per heavy atom. The molecule has 0 aromatic carbocycles. The van der Waals surface area contributed by atoms with Crippen LogP contribution in [0, 0.1) is 0 Å². The first-order valence-electron chi connectivity index (χ1n) is 7.68. The number of H-pyrrole nitrogens is 1. The largest absolute Gasteiger partial charge is 0.350 e. The van der Waals surface area contributed by atoms with Crippen molar-refractivity contribution in [1.29, 1.82) is 0 Å². The minimum atomic E-state index is -0.194. The number of nitrogens with zero attached hydrogens (tertiary/aromatic N) is 1. The molecule has 1 saturated carbocycles. The number of rotatable bonds is 4. The highest BCUT2D eigenvalue weighted by molar-refractivity contribution is 5.93.